The first kappa shape index (κ1) is 32.9. The van der Waals surface area contributed by atoms with Gasteiger partial charge in [0, 0.05) is 0 Å². The molecule has 1 aromatic heterocycles. The normalized spacial score (nSPS) is 33.6. The third-order valence-corrected chi connectivity index (χ3v) is 14.4. The molecule has 6 nitrogen and oxygen atoms in total. The molecular formula is C27H43Cl2IN2O4S. The maximum absolute atomic E-state index is 13.3. The van der Waals surface area contributed by atoms with Crippen molar-refractivity contribution >= 4 is 64.5 Å². The van der Waals surface area contributed by atoms with Crippen molar-refractivity contribution < 1.29 is 19.8 Å². The molecule has 212 valence electrons. The minimum absolute atomic E-state index is 0.0742. The van der Waals surface area contributed by atoms with Gasteiger partial charge in [0.2, 0.25) is 0 Å². The molecule has 1 aliphatic rings. The number of carbonyl (C=O) groups is 2. The molecule has 1 fully saturated rings. The van der Waals surface area contributed by atoms with E-state index < -0.39 is 41.1 Å². The molecule has 1 saturated heterocycles. The number of amides is 1. The van der Waals surface area contributed by atoms with Crippen molar-refractivity contribution in [3.8, 4) is 0 Å². The fourth-order valence-electron chi connectivity index (χ4n) is 5.02. The molecule has 0 spiro atoms. The molecule has 1 aromatic rings. The van der Waals surface area contributed by atoms with Crippen LogP contribution >= 0.6 is 46.7 Å². The number of aromatic nitrogens is 1. The molecule has 3 N–H and O–H groups in total. The second-order valence-electron chi connectivity index (χ2n) is 11.2. The van der Waals surface area contributed by atoms with Gasteiger partial charge < -0.3 is 0 Å². The summed E-state index contributed by atoms with van der Waals surface area (Å²) in [4.78, 5) is 31.0. The van der Waals surface area contributed by atoms with Crippen molar-refractivity contribution in [3.63, 3.8) is 0 Å². The van der Waals surface area contributed by atoms with Gasteiger partial charge in [-0.05, 0) is 0 Å². The van der Waals surface area contributed by atoms with Crippen LogP contribution in [0.3, 0.4) is 0 Å². The average Bonchev–Trinajstić information content (AvgIpc) is 3.23. The summed E-state index contributed by atoms with van der Waals surface area (Å²) in [5.74, 6) is -1.06. The zero-order valence-corrected chi connectivity index (χ0v) is 27.4. The molecule has 10 heteroatoms. The Kier molecular flexibility index (Phi) is 12.8. The Balaban J connectivity index is 2.42. The van der Waals surface area contributed by atoms with E-state index in [1.54, 1.807) is 32.1 Å². The van der Waals surface area contributed by atoms with Gasteiger partial charge in [0.25, 0.3) is 0 Å². The van der Waals surface area contributed by atoms with E-state index in [0.29, 0.717) is 6.42 Å². The van der Waals surface area contributed by atoms with Crippen molar-refractivity contribution in [2.24, 2.45) is 23.2 Å². The van der Waals surface area contributed by atoms with Crippen molar-refractivity contribution in [2.45, 2.75) is 103 Å². The molecule has 1 aliphatic heterocycles. The fraction of sp³-hybridized carbons (Fsp3) is 0.741. The molecule has 37 heavy (non-hydrogen) atoms. The Morgan fingerprint density at radius 3 is 2.38 bits per heavy atom. The van der Waals surface area contributed by atoms with Crippen LogP contribution < -0.4 is 5.32 Å². The monoisotopic (exact) mass is 688 g/mol. The Labute approximate surface area is 240 Å². The van der Waals surface area contributed by atoms with Crippen molar-refractivity contribution in [1.29, 1.82) is 0 Å². The van der Waals surface area contributed by atoms with Crippen LogP contribution in [0.5, 0.6) is 0 Å². The summed E-state index contributed by atoms with van der Waals surface area (Å²) >= 11 is -0.733. The second-order valence-corrected chi connectivity index (χ2v) is 20.3. The number of thiazole rings is 1. The molecule has 2 heterocycles. The van der Waals surface area contributed by atoms with Crippen LogP contribution in [0.4, 0.5) is 0 Å². The Bertz CT molecular complexity index is 955. The van der Waals surface area contributed by atoms with Gasteiger partial charge in [0.15, 0.2) is 0 Å². The molecule has 0 bridgehead atoms. The summed E-state index contributed by atoms with van der Waals surface area (Å²) in [6.45, 7) is 13.0. The van der Waals surface area contributed by atoms with E-state index in [1.165, 1.54) is 0 Å². The summed E-state index contributed by atoms with van der Waals surface area (Å²) in [5, 5.41) is 27.9. The Hall–Kier alpha value is -0.260. The number of nitrogens with zero attached hydrogens (tertiary/aromatic N) is 1. The predicted octanol–water partition coefficient (Wildman–Crippen LogP) is 6.71. The number of aryl methyl sites for hydroxylation is 1. The summed E-state index contributed by atoms with van der Waals surface area (Å²) in [6.07, 6.45) is 2.90. The van der Waals surface area contributed by atoms with E-state index in [4.69, 9.17) is 17.8 Å². The van der Waals surface area contributed by atoms with Crippen LogP contribution in [0, 0.1) is 30.1 Å². The van der Waals surface area contributed by atoms with E-state index in [9.17, 15) is 19.8 Å². The van der Waals surface area contributed by atoms with Crippen LogP contribution in [0.2, 0.25) is 0 Å². The molecule has 1 amide bonds. The van der Waals surface area contributed by atoms with Crippen molar-refractivity contribution in [1.82, 2.24) is 10.3 Å². The number of hydrogen-bond acceptors (Lipinski definition) is 6. The van der Waals surface area contributed by atoms with Gasteiger partial charge in [-0.15, -0.1) is 0 Å². The number of halogens is 3. The SMILES string of the molecule is C/C(=C\c1csc(C)n1)[C@@H]1CC(I(Cl)Cl)C(C)CCCC(C)[C@H](O)C(C)C(=O)C(C)(C)C(O)CC(=O)N1. The van der Waals surface area contributed by atoms with Crippen LogP contribution in [-0.4, -0.2) is 49.1 Å². The van der Waals surface area contributed by atoms with E-state index in [0.717, 1.165) is 35.5 Å². The molecular weight excluding hydrogens is 646 g/mol. The number of hydrogen-bond donors (Lipinski definition) is 3. The third-order valence-electron chi connectivity index (χ3n) is 7.86. The number of nitrogens with one attached hydrogen (secondary N) is 1. The fourth-order valence-corrected chi connectivity index (χ4v) is 10.9. The van der Waals surface area contributed by atoms with Gasteiger partial charge in [0.1, 0.15) is 0 Å². The first-order valence-electron chi connectivity index (χ1n) is 13.0. The number of alkyl halides is 1. The van der Waals surface area contributed by atoms with Crippen LogP contribution in [0.25, 0.3) is 6.08 Å². The Morgan fingerprint density at radius 1 is 1.19 bits per heavy atom. The molecule has 0 aliphatic carbocycles. The zero-order valence-electron chi connectivity index (χ0n) is 22.9. The first-order valence-corrected chi connectivity index (χ1v) is 20.6. The second kappa shape index (κ2) is 14.4. The van der Waals surface area contributed by atoms with Gasteiger partial charge in [-0.2, -0.15) is 0 Å². The minimum atomic E-state index is -2.30. The van der Waals surface area contributed by atoms with Crippen LogP contribution in [-0.2, 0) is 9.59 Å². The van der Waals surface area contributed by atoms with Crippen molar-refractivity contribution in [3.05, 3.63) is 21.7 Å². The molecule has 0 radical (unpaired) electrons. The van der Waals surface area contributed by atoms with E-state index in [1.807, 2.05) is 32.2 Å². The molecule has 7 atom stereocenters. The standard InChI is InChI=1S/C27H43Cl2IN2O4S/c1-15-9-8-10-16(2)25(35)18(4)26(36)27(6,7)23(33)13-24(34)32-22(12-21(15)30(28)29)17(3)11-20-14-37-19(5)31-20/h11,14-16,18,21-23,25,33,35H,8-10,12-13H2,1-7H3,(H,32,34)/b17-11+/t15?,16?,18?,21?,22-,23?,25-/m0/s1. The summed E-state index contributed by atoms with van der Waals surface area (Å²) in [7, 11) is 13.3. The topological polar surface area (TPSA) is 99.5 Å². The molecule has 5 unspecified atom stereocenters. The van der Waals surface area contributed by atoms with Crippen LogP contribution in [0.15, 0.2) is 11.0 Å². The quantitative estimate of drug-likeness (QED) is 0.242. The number of ketones is 1. The van der Waals surface area contributed by atoms with Crippen molar-refractivity contribution in [2.75, 3.05) is 0 Å². The Morgan fingerprint density at radius 2 is 1.81 bits per heavy atom. The number of aliphatic hydroxyl groups is 2. The number of rotatable bonds is 3. The van der Waals surface area contributed by atoms with Gasteiger partial charge >= 0.3 is 242 Å². The maximum atomic E-state index is 13.3. The average molecular weight is 690 g/mol. The van der Waals surface area contributed by atoms with Gasteiger partial charge in [-0.1, -0.05) is 0 Å². The van der Waals surface area contributed by atoms with Gasteiger partial charge in [-0.25, -0.2) is 0 Å². The zero-order chi connectivity index (χ0) is 28.1. The summed E-state index contributed by atoms with van der Waals surface area (Å²) < 4.78 is 0.0772. The van der Waals surface area contributed by atoms with E-state index in [-0.39, 0.29) is 39.9 Å². The number of Topliss-reactive ketones (excluding diaryl/α,β-unsaturated/α-hetero) is 1. The predicted molar refractivity (Wildman–Crippen MR) is 163 cm³/mol. The molecule has 0 aromatic carbocycles. The van der Waals surface area contributed by atoms with E-state index in [2.05, 4.69) is 17.2 Å². The first-order chi connectivity index (χ1) is 17.1. The van der Waals surface area contributed by atoms with Gasteiger partial charge in [-0.3, -0.25) is 0 Å². The van der Waals surface area contributed by atoms with Gasteiger partial charge in [0.05, 0.1) is 0 Å². The summed E-state index contributed by atoms with van der Waals surface area (Å²) in [5.41, 5.74) is 0.597. The third kappa shape index (κ3) is 9.13. The summed E-state index contributed by atoms with van der Waals surface area (Å²) in [6, 6.07) is -0.321. The molecule has 2 rings (SSSR count). The van der Waals surface area contributed by atoms with Crippen LogP contribution in [0.1, 0.15) is 84.3 Å². The van der Waals surface area contributed by atoms with E-state index >= 15 is 0 Å². The number of aliphatic hydroxyl groups excluding tert-OH is 2. The molecule has 0 saturated carbocycles. The number of carbonyl (C=O) groups excluding carboxylic acids is 2.